The fourth-order valence-corrected chi connectivity index (χ4v) is 1.47. The highest BCUT2D eigenvalue weighted by Gasteiger charge is 2.11. The Morgan fingerprint density at radius 2 is 2.29 bits per heavy atom. The minimum absolute atomic E-state index is 0.0915. The molecule has 0 fully saturated rings. The van der Waals surface area contributed by atoms with Crippen molar-refractivity contribution in [1.29, 1.82) is 0 Å². The lowest BCUT2D eigenvalue weighted by Crippen LogP contribution is -2.16. The molecule has 0 aromatic heterocycles. The average Bonchev–Trinajstić information content (AvgIpc) is 2.28. The number of benzene rings is 1. The number of rotatable bonds is 4. The molecular formula is C9H9BrN2O5. The van der Waals surface area contributed by atoms with Gasteiger partial charge in [0, 0.05) is 16.6 Å². The monoisotopic (exact) mass is 304 g/mol. The first-order valence-corrected chi connectivity index (χ1v) is 5.32. The van der Waals surface area contributed by atoms with E-state index in [1.54, 1.807) is 0 Å². The number of aliphatic hydroxyl groups is 1. The number of nitrogens with one attached hydrogen (secondary N) is 1. The number of hydrogen-bond donors (Lipinski definition) is 2. The molecule has 92 valence electrons. The van der Waals surface area contributed by atoms with Gasteiger partial charge in [0.1, 0.15) is 6.61 Å². The number of carbonyl (C=O) groups excluding carboxylic acids is 1. The van der Waals surface area contributed by atoms with Crippen molar-refractivity contribution in [2.24, 2.45) is 0 Å². The number of amides is 1. The highest BCUT2D eigenvalue weighted by molar-refractivity contribution is 9.10. The molecule has 0 aliphatic rings. The first-order chi connectivity index (χ1) is 8.04. The van der Waals surface area contributed by atoms with Gasteiger partial charge in [-0.25, -0.2) is 4.79 Å². The molecule has 2 N–H and O–H groups in total. The molecule has 0 atom stereocenters. The van der Waals surface area contributed by atoms with E-state index in [0.717, 1.165) is 0 Å². The van der Waals surface area contributed by atoms with Gasteiger partial charge in [0.15, 0.2) is 0 Å². The summed E-state index contributed by atoms with van der Waals surface area (Å²) >= 11 is 3.09. The molecule has 0 saturated carbocycles. The second-order valence-electron chi connectivity index (χ2n) is 2.91. The minimum atomic E-state index is -0.742. The summed E-state index contributed by atoms with van der Waals surface area (Å²) in [5.74, 6) is 0. The number of nitro groups is 1. The van der Waals surface area contributed by atoms with Gasteiger partial charge in [-0.1, -0.05) is 0 Å². The van der Waals surface area contributed by atoms with Crippen LogP contribution in [0.3, 0.4) is 0 Å². The van der Waals surface area contributed by atoms with Gasteiger partial charge >= 0.3 is 6.09 Å². The van der Waals surface area contributed by atoms with Crippen LogP contribution in [0.25, 0.3) is 0 Å². The Bertz CT molecular complexity index is 437. The third-order valence-electron chi connectivity index (χ3n) is 1.72. The number of ether oxygens (including phenoxy) is 1. The van der Waals surface area contributed by atoms with E-state index in [4.69, 9.17) is 5.11 Å². The lowest BCUT2D eigenvalue weighted by molar-refractivity contribution is -0.384. The summed E-state index contributed by atoms with van der Waals surface area (Å²) in [6.45, 7) is -0.384. The zero-order valence-electron chi connectivity index (χ0n) is 8.55. The smallest absolute Gasteiger partial charge is 0.411 e. The van der Waals surface area contributed by atoms with Crippen molar-refractivity contribution < 1.29 is 19.6 Å². The molecule has 1 rings (SSSR count). The molecule has 1 aromatic rings. The standard InChI is InChI=1S/C9H9BrN2O5/c10-7-5-6(12(15)16)1-2-8(7)11-9(14)17-4-3-13/h1-2,5,13H,3-4H2,(H,11,14). The lowest BCUT2D eigenvalue weighted by atomic mass is 10.3. The maximum Gasteiger partial charge on any atom is 0.411 e. The molecule has 0 aliphatic carbocycles. The van der Waals surface area contributed by atoms with Crippen molar-refractivity contribution in [2.75, 3.05) is 18.5 Å². The van der Waals surface area contributed by atoms with Crippen LogP contribution in [0, 0.1) is 10.1 Å². The van der Waals surface area contributed by atoms with E-state index in [-0.39, 0.29) is 18.9 Å². The average molecular weight is 305 g/mol. The summed E-state index contributed by atoms with van der Waals surface area (Å²) in [5, 5.41) is 21.3. The van der Waals surface area contributed by atoms with E-state index in [0.29, 0.717) is 10.2 Å². The van der Waals surface area contributed by atoms with Gasteiger partial charge in [0.05, 0.1) is 17.2 Å². The van der Waals surface area contributed by atoms with Crippen molar-refractivity contribution in [2.45, 2.75) is 0 Å². The van der Waals surface area contributed by atoms with Crippen LogP contribution in [0.1, 0.15) is 0 Å². The van der Waals surface area contributed by atoms with Crippen LogP contribution < -0.4 is 5.32 Å². The van der Waals surface area contributed by atoms with Gasteiger partial charge in [-0.2, -0.15) is 0 Å². The van der Waals surface area contributed by atoms with Crippen LogP contribution in [0.15, 0.2) is 22.7 Å². The largest absolute Gasteiger partial charge is 0.447 e. The Labute approximate surface area is 105 Å². The molecule has 17 heavy (non-hydrogen) atoms. The van der Waals surface area contributed by atoms with Gasteiger partial charge in [0.2, 0.25) is 0 Å². The predicted molar refractivity (Wildman–Crippen MR) is 62.9 cm³/mol. The summed E-state index contributed by atoms with van der Waals surface area (Å²) in [5.41, 5.74) is 0.254. The number of nitrogens with zero attached hydrogens (tertiary/aromatic N) is 1. The van der Waals surface area contributed by atoms with E-state index in [1.807, 2.05) is 0 Å². The third-order valence-corrected chi connectivity index (χ3v) is 2.38. The maximum atomic E-state index is 11.1. The Hall–Kier alpha value is -1.67. The van der Waals surface area contributed by atoms with Gasteiger partial charge in [-0.05, 0) is 22.0 Å². The van der Waals surface area contributed by atoms with E-state index >= 15 is 0 Å². The van der Waals surface area contributed by atoms with Crippen molar-refractivity contribution in [3.05, 3.63) is 32.8 Å². The number of hydrogen-bond acceptors (Lipinski definition) is 5. The Morgan fingerprint density at radius 3 is 2.82 bits per heavy atom. The van der Waals surface area contributed by atoms with Crippen LogP contribution in [0.2, 0.25) is 0 Å². The summed E-state index contributed by atoms with van der Waals surface area (Å²) < 4.78 is 4.94. The lowest BCUT2D eigenvalue weighted by Gasteiger charge is -2.07. The Balaban J connectivity index is 2.72. The van der Waals surface area contributed by atoms with Crippen LogP contribution >= 0.6 is 15.9 Å². The van der Waals surface area contributed by atoms with Gasteiger partial charge in [-0.3, -0.25) is 15.4 Å². The van der Waals surface area contributed by atoms with Crippen molar-refractivity contribution >= 4 is 33.4 Å². The number of carbonyl (C=O) groups is 1. The second-order valence-corrected chi connectivity index (χ2v) is 3.76. The normalized spacial score (nSPS) is 9.76. The molecule has 1 amide bonds. The van der Waals surface area contributed by atoms with E-state index in [9.17, 15) is 14.9 Å². The number of halogens is 1. The first-order valence-electron chi connectivity index (χ1n) is 4.53. The summed E-state index contributed by atoms with van der Waals surface area (Å²) in [7, 11) is 0. The summed E-state index contributed by atoms with van der Waals surface area (Å²) in [6.07, 6.45) is -0.742. The molecule has 0 radical (unpaired) electrons. The van der Waals surface area contributed by atoms with E-state index < -0.39 is 11.0 Å². The summed E-state index contributed by atoms with van der Waals surface area (Å²) in [6, 6.07) is 3.90. The topological polar surface area (TPSA) is 102 Å². The molecule has 7 nitrogen and oxygen atoms in total. The fraction of sp³-hybridized carbons (Fsp3) is 0.222. The Morgan fingerprint density at radius 1 is 1.59 bits per heavy atom. The van der Waals surface area contributed by atoms with E-state index in [2.05, 4.69) is 26.0 Å². The molecule has 0 heterocycles. The zero-order chi connectivity index (χ0) is 12.8. The van der Waals surface area contributed by atoms with Crippen molar-refractivity contribution in [3.63, 3.8) is 0 Å². The van der Waals surface area contributed by atoms with Crippen LogP contribution in [-0.2, 0) is 4.74 Å². The van der Waals surface area contributed by atoms with Crippen LogP contribution in [0.4, 0.5) is 16.2 Å². The van der Waals surface area contributed by atoms with Crippen molar-refractivity contribution in [3.8, 4) is 0 Å². The third kappa shape index (κ3) is 4.00. The van der Waals surface area contributed by atoms with Gasteiger partial charge in [-0.15, -0.1) is 0 Å². The maximum absolute atomic E-state index is 11.1. The predicted octanol–water partition coefficient (Wildman–Crippen LogP) is 1.90. The minimum Gasteiger partial charge on any atom is -0.447 e. The molecule has 1 aromatic carbocycles. The Kier molecular flexibility index (Phi) is 4.85. The van der Waals surface area contributed by atoms with Gasteiger partial charge < -0.3 is 9.84 Å². The van der Waals surface area contributed by atoms with Crippen molar-refractivity contribution in [1.82, 2.24) is 0 Å². The SMILES string of the molecule is O=C(Nc1ccc([N+](=O)[O-])cc1Br)OCCO. The number of anilines is 1. The van der Waals surface area contributed by atoms with Gasteiger partial charge in [0.25, 0.3) is 5.69 Å². The van der Waals surface area contributed by atoms with Crippen LogP contribution in [0.5, 0.6) is 0 Å². The molecule has 0 spiro atoms. The molecule has 8 heteroatoms. The summed E-state index contributed by atoms with van der Waals surface area (Å²) in [4.78, 5) is 21.1. The quantitative estimate of drug-likeness (QED) is 0.653. The molecule has 0 saturated heterocycles. The number of non-ortho nitro benzene ring substituents is 1. The fourth-order valence-electron chi connectivity index (χ4n) is 1.00. The highest BCUT2D eigenvalue weighted by Crippen LogP contribution is 2.27. The number of aliphatic hydroxyl groups excluding tert-OH is 1. The number of nitro benzene ring substituents is 1. The van der Waals surface area contributed by atoms with E-state index in [1.165, 1.54) is 18.2 Å². The second kappa shape index (κ2) is 6.16. The van der Waals surface area contributed by atoms with Crippen LogP contribution in [-0.4, -0.2) is 29.3 Å². The molecular weight excluding hydrogens is 296 g/mol. The molecule has 0 unspecified atom stereocenters. The zero-order valence-corrected chi connectivity index (χ0v) is 10.1. The molecule has 0 bridgehead atoms. The molecule has 0 aliphatic heterocycles. The first kappa shape index (κ1) is 13.4. The highest BCUT2D eigenvalue weighted by atomic mass is 79.9.